The molecule has 20 heavy (non-hydrogen) atoms. The number of rotatable bonds is 5. The third-order valence-electron chi connectivity index (χ3n) is 4.82. The second kappa shape index (κ2) is 6.54. The van der Waals surface area contributed by atoms with Gasteiger partial charge in [-0.15, -0.1) is 11.3 Å². The molecule has 1 aromatic rings. The van der Waals surface area contributed by atoms with Crippen molar-refractivity contribution in [1.29, 1.82) is 0 Å². The molecule has 0 aromatic carbocycles. The van der Waals surface area contributed by atoms with E-state index in [2.05, 4.69) is 50.1 Å². The van der Waals surface area contributed by atoms with Gasteiger partial charge in [-0.2, -0.15) is 0 Å². The molecule has 2 rings (SSSR count). The fraction of sp³-hybridized carbons (Fsp3) is 0.812. The predicted octanol–water partition coefficient (Wildman–Crippen LogP) is 3.36. The third-order valence-corrected chi connectivity index (χ3v) is 5.89. The van der Waals surface area contributed by atoms with Gasteiger partial charge < -0.3 is 10.2 Å². The van der Waals surface area contributed by atoms with Crippen LogP contribution in [0.15, 0.2) is 0 Å². The van der Waals surface area contributed by atoms with Crippen LogP contribution >= 0.6 is 11.3 Å². The van der Waals surface area contributed by atoms with Gasteiger partial charge in [0, 0.05) is 23.5 Å². The van der Waals surface area contributed by atoms with Crippen molar-refractivity contribution in [3.8, 4) is 0 Å². The zero-order valence-electron chi connectivity index (χ0n) is 13.6. The van der Waals surface area contributed by atoms with Gasteiger partial charge >= 0.3 is 0 Å². The lowest BCUT2D eigenvalue weighted by Gasteiger charge is -2.45. The number of nitrogens with zero attached hydrogens (tertiary/aromatic N) is 2. The molecule has 0 bridgehead atoms. The summed E-state index contributed by atoms with van der Waals surface area (Å²) in [5, 5.41) is 4.88. The van der Waals surface area contributed by atoms with E-state index in [-0.39, 0.29) is 0 Å². The van der Waals surface area contributed by atoms with Gasteiger partial charge in [0.1, 0.15) is 5.01 Å². The van der Waals surface area contributed by atoms with Crippen molar-refractivity contribution in [2.75, 3.05) is 20.6 Å². The summed E-state index contributed by atoms with van der Waals surface area (Å²) < 4.78 is 0. The van der Waals surface area contributed by atoms with Crippen LogP contribution in [0, 0.1) is 19.8 Å². The molecule has 1 aliphatic carbocycles. The maximum Gasteiger partial charge on any atom is 0.107 e. The lowest BCUT2D eigenvalue weighted by atomic mass is 9.75. The van der Waals surface area contributed by atoms with Crippen molar-refractivity contribution >= 4 is 11.3 Å². The first-order chi connectivity index (χ1) is 9.43. The molecule has 1 saturated carbocycles. The SMILES string of the molecule is Cc1nc(CNCC2(N(C)C)CCCC(C)C2)sc1C. The number of nitrogens with one attached hydrogen (secondary N) is 1. The Morgan fingerprint density at radius 3 is 2.70 bits per heavy atom. The van der Waals surface area contributed by atoms with E-state index in [1.165, 1.54) is 41.3 Å². The Hall–Kier alpha value is -0.450. The van der Waals surface area contributed by atoms with Crippen molar-refractivity contribution in [2.45, 2.75) is 58.5 Å². The van der Waals surface area contributed by atoms with Gasteiger partial charge in [-0.1, -0.05) is 19.8 Å². The van der Waals surface area contributed by atoms with Gasteiger partial charge in [-0.25, -0.2) is 4.98 Å². The first-order valence-corrected chi connectivity index (χ1v) is 8.56. The lowest BCUT2D eigenvalue weighted by Crippen LogP contribution is -2.54. The molecule has 3 nitrogen and oxygen atoms in total. The number of aryl methyl sites for hydroxylation is 2. The zero-order valence-corrected chi connectivity index (χ0v) is 14.4. The fourth-order valence-corrected chi connectivity index (χ4v) is 4.28. The van der Waals surface area contributed by atoms with E-state index in [1.807, 2.05) is 11.3 Å². The van der Waals surface area contributed by atoms with Gasteiger partial charge in [0.15, 0.2) is 0 Å². The van der Waals surface area contributed by atoms with Crippen LogP contribution in [0.25, 0.3) is 0 Å². The molecule has 1 heterocycles. The van der Waals surface area contributed by atoms with Crippen LogP contribution in [0.1, 0.15) is 48.2 Å². The third kappa shape index (κ3) is 3.60. The average Bonchev–Trinajstić information content (AvgIpc) is 2.68. The van der Waals surface area contributed by atoms with Crippen LogP contribution in [0.5, 0.6) is 0 Å². The minimum absolute atomic E-state index is 0.332. The molecule has 0 radical (unpaired) electrons. The van der Waals surface area contributed by atoms with Crippen molar-refractivity contribution in [2.24, 2.45) is 5.92 Å². The Labute approximate surface area is 127 Å². The molecule has 4 heteroatoms. The molecule has 1 fully saturated rings. The Kier molecular flexibility index (Phi) is 5.21. The summed E-state index contributed by atoms with van der Waals surface area (Å²) in [6.07, 6.45) is 5.37. The van der Waals surface area contributed by atoms with Crippen molar-refractivity contribution in [3.63, 3.8) is 0 Å². The molecule has 1 aliphatic rings. The molecular weight excluding hydrogens is 266 g/mol. The summed E-state index contributed by atoms with van der Waals surface area (Å²) in [6, 6.07) is 0. The first kappa shape index (κ1) is 15.9. The minimum atomic E-state index is 0.332. The summed E-state index contributed by atoms with van der Waals surface area (Å²) in [5.74, 6) is 0.845. The van der Waals surface area contributed by atoms with Gasteiger partial charge in [0.05, 0.1) is 5.69 Å². The summed E-state index contributed by atoms with van der Waals surface area (Å²) in [6.45, 7) is 8.62. The number of hydrogen-bond acceptors (Lipinski definition) is 4. The van der Waals surface area contributed by atoms with Gasteiger partial charge in [0.2, 0.25) is 0 Å². The molecule has 0 aliphatic heterocycles. The van der Waals surface area contributed by atoms with E-state index in [0.29, 0.717) is 5.54 Å². The standard InChI is InChI=1S/C16H29N3S/c1-12-7-6-8-16(9-12,19(4)5)11-17-10-15-18-13(2)14(3)20-15/h12,17H,6-11H2,1-5H3. The molecule has 0 saturated heterocycles. The van der Waals surface area contributed by atoms with E-state index in [4.69, 9.17) is 0 Å². The number of likely N-dealkylation sites (N-methyl/N-ethyl adjacent to an activating group) is 1. The van der Waals surface area contributed by atoms with Gasteiger partial charge in [-0.05, 0) is 46.7 Å². The molecule has 2 atom stereocenters. The van der Waals surface area contributed by atoms with E-state index >= 15 is 0 Å². The van der Waals surface area contributed by atoms with Crippen molar-refractivity contribution < 1.29 is 0 Å². The highest BCUT2D eigenvalue weighted by molar-refractivity contribution is 7.11. The van der Waals surface area contributed by atoms with Gasteiger partial charge in [0.25, 0.3) is 0 Å². The first-order valence-electron chi connectivity index (χ1n) is 7.74. The van der Waals surface area contributed by atoms with Crippen LogP contribution in [0.3, 0.4) is 0 Å². The number of aromatic nitrogens is 1. The van der Waals surface area contributed by atoms with Crippen LogP contribution < -0.4 is 5.32 Å². The predicted molar refractivity (Wildman–Crippen MR) is 87.3 cm³/mol. The Balaban J connectivity index is 1.92. The summed E-state index contributed by atoms with van der Waals surface area (Å²) in [7, 11) is 4.47. The fourth-order valence-electron chi connectivity index (χ4n) is 3.37. The molecular formula is C16H29N3S. The van der Waals surface area contributed by atoms with Crippen LogP contribution in [-0.2, 0) is 6.54 Å². The number of hydrogen-bond donors (Lipinski definition) is 1. The second-order valence-corrected chi connectivity index (χ2v) is 7.96. The Morgan fingerprint density at radius 1 is 1.40 bits per heavy atom. The van der Waals surface area contributed by atoms with Crippen LogP contribution in [0.4, 0.5) is 0 Å². The highest BCUT2D eigenvalue weighted by Crippen LogP contribution is 2.35. The monoisotopic (exact) mass is 295 g/mol. The van der Waals surface area contributed by atoms with Gasteiger partial charge in [-0.3, -0.25) is 0 Å². The molecule has 2 unspecified atom stereocenters. The van der Waals surface area contributed by atoms with Crippen LogP contribution in [0.2, 0.25) is 0 Å². The Bertz CT molecular complexity index is 421. The molecule has 1 aromatic heterocycles. The van der Waals surface area contributed by atoms with Crippen LogP contribution in [-0.4, -0.2) is 36.1 Å². The van der Waals surface area contributed by atoms with Crippen molar-refractivity contribution in [1.82, 2.24) is 15.2 Å². The largest absolute Gasteiger partial charge is 0.309 e. The molecule has 114 valence electrons. The number of thiazole rings is 1. The quantitative estimate of drug-likeness (QED) is 0.903. The molecule has 0 amide bonds. The Morgan fingerprint density at radius 2 is 2.15 bits per heavy atom. The van der Waals surface area contributed by atoms with E-state index in [9.17, 15) is 0 Å². The minimum Gasteiger partial charge on any atom is -0.309 e. The van der Waals surface area contributed by atoms with E-state index in [1.54, 1.807) is 0 Å². The maximum atomic E-state index is 4.62. The zero-order chi connectivity index (χ0) is 14.8. The summed E-state index contributed by atoms with van der Waals surface area (Å²) >= 11 is 1.82. The smallest absolute Gasteiger partial charge is 0.107 e. The maximum absolute atomic E-state index is 4.62. The van der Waals surface area contributed by atoms with Crippen molar-refractivity contribution in [3.05, 3.63) is 15.6 Å². The molecule has 1 N–H and O–H groups in total. The lowest BCUT2D eigenvalue weighted by molar-refractivity contribution is 0.0749. The highest BCUT2D eigenvalue weighted by Gasteiger charge is 2.36. The van der Waals surface area contributed by atoms with E-state index < -0.39 is 0 Å². The molecule has 0 spiro atoms. The summed E-state index contributed by atoms with van der Waals surface area (Å²) in [5.41, 5.74) is 1.51. The second-order valence-electron chi connectivity index (χ2n) is 6.67. The average molecular weight is 295 g/mol. The van der Waals surface area contributed by atoms with E-state index in [0.717, 1.165) is 19.0 Å². The summed E-state index contributed by atoms with van der Waals surface area (Å²) in [4.78, 5) is 8.40. The normalized spacial score (nSPS) is 27.2. The highest BCUT2D eigenvalue weighted by atomic mass is 32.1. The topological polar surface area (TPSA) is 28.2 Å².